The molecule has 7 heteroatoms. The minimum Gasteiger partial charge on any atom is -0.496 e. The summed E-state index contributed by atoms with van der Waals surface area (Å²) in [4.78, 5) is 21.8. The van der Waals surface area contributed by atoms with Crippen molar-refractivity contribution in [3.8, 4) is 5.75 Å². The first-order valence-electron chi connectivity index (χ1n) is 7.69. The fourth-order valence-electron chi connectivity index (χ4n) is 2.64. The van der Waals surface area contributed by atoms with Crippen molar-refractivity contribution >= 4 is 29.6 Å². The van der Waals surface area contributed by atoms with E-state index < -0.39 is 0 Å². The lowest BCUT2D eigenvalue weighted by Crippen LogP contribution is -2.26. The largest absolute Gasteiger partial charge is 0.496 e. The summed E-state index contributed by atoms with van der Waals surface area (Å²) in [7, 11) is 1.62. The third kappa shape index (κ3) is 3.44. The van der Waals surface area contributed by atoms with Crippen molar-refractivity contribution in [2.75, 3.05) is 23.9 Å². The number of rotatable bonds is 4. The molecule has 7 nitrogen and oxygen atoms in total. The SMILES string of the molecule is COc1cc(NC(N)=NC=NC2CC2)cc2c1CCN2C(C)=O. The van der Waals surface area contributed by atoms with Crippen LogP contribution in [0.5, 0.6) is 5.75 Å². The van der Waals surface area contributed by atoms with Gasteiger partial charge in [-0.05, 0) is 25.3 Å². The predicted octanol–water partition coefficient (Wildman–Crippen LogP) is 1.52. The third-order valence-electron chi connectivity index (χ3n) is 3.96. The van der Waals surface area contributed by atoms with Crippen molar-refractivity contribution in [2.45, 2.75) is 32.2 Å². The highest BCUT2D eigenvalue weighted by Crippen LogP contribution is 2.38. The number of hydrogen-bond donors (Lipinski definition) is 2. The molecule has 0 radical (unpaired) electrons. The predicted molar refractivity (Wildman–Crippen MR) is 91.5 cm³/mol. The number of nitrogens with zero attached hydrogens (tertiary/aromatic N) is 3. The number of fused-ring (bicyclic) bond motifs is 1. The summed E-state index contributed by atoms with van der Waals surface area (Å²) in [5.74, 6) is 1.01. The molecule has 0 atom stereocenters. The quantitative estimate of drug-likeness (QED) is 0.651. The molecule has 1 fully saturated rings. The lowest BCUT2D eigenvalue weighted by molar-refractivity contribution is -0.116. The maximum Gasteiger partial charge on any atom is 0.223 e. The van der Waals surface area contributed by atoms with Crippen LogP contribution in [0.15, 0.2) is 22.1 Å². The molecule has 2 aliphatic rings. The molecule has 1 aromatic rings. The molecule has 0 saturated heterocycles. The van der Waals surface area contributed by atoms with Crippen LogP contribution in [0, 0.1) is 0 Å². The number of carbonyl (C=O) groups is 1. The molecule has 3 rings (SSSR count). The standard InChI is InChI=1S/C16H21N5O2/c1-10(22)21-6-5-13-14(21)7-12(8-15(13)23-2)20-16(17)19-9-18-11-3-4-11/h7-9,11H,3-6H2,1-2H3,(H3,17,18,19,20). The van der Waals surface area contributed by atoms with E-state index in [0.717, 1.165) is 42.0 Å². The minimum atomic E-state index is 0.0150. The van der Waals surface area contributed by atoms with Crippen LogP contribution < -0.4 is 20.7 Å². The lowest BCUT2D eigenvalue weighted by atomic mass is 10.1. The van der Waals surface area contributed by atoms with Gasteiger partial charge in [0.15, 0.2) is 5.96 Å². The Morgan fingerprint density at radius 2 is 2.26 bits per heavy atom. The average molecular weight is 315 g/mol. The Morgan fingerprint density at radius 3 is 2.91 bits per heavy atom. The Kier molecular flexibility index (Phi) is 4.18. The highest BCUT2D eigenvalue weighted by atomic mass is 16.5. The zero-order valence-corrected chi connectivity index (χ0v) is 13.4. The summed E-state index contributed by atoms with van der Waals surface area (Å²) in [6.07, 6.45) is 4.53. The van der Waals surface area contributed by atoms with Crippen LogP contribution >= 0.6 is 0 Å². The highest BCUT2D eigenvalue weighted by Gasteiger charge is 2.26. The van der Waals surface area contributed by atoms with Crippen LogP contribution in [-0.2, 0) is 11.2 Å². The van der Waals surface area contributed by atoms with Crippen molar-refractivity contribution in [1.29, 1.82) is 0 Å². The Bertz CT molecular complexity index is 679. The van der Waals surface area contributed by atoms with E-state index in [0.29, 0.717) is 12.6 Å². The Morgan fingerprint density at radius 1 is 1.48 bits per heavy atom. The molecule has 1 heterocycles. The van der Waals surface area contributed by atoms with Crippen molar-refractivity contribution in [2.24, 2.45) is 15.7 Å². The van der Waals surface area contributed by atoms with Crippen LogP contribution in [0.4, 0.5) is 11.4 Å². The van der Waals surface area contributed by atoms with Crippen LogP contribution in [0.25, 0.3) is 0 Å². The van der Waals surface area contributed by atoms with Gasteiger partial charge in [0.1, 0.15) is 12.1 Å². The number of methoxy groups -OCH3 is 1. The lowest BCUT2D eigenvalue weighted by Gasteiger charge is -2.17. The number of benzene rings is 1. The van der Waals surface area contributed by atoms with E-state index in [2.05, 4.69) is 15.3 Å². The second-order valence-electron chi connectivity index (χ2n) is 5.73. The number of ether oxygens (including phenoxy) is 1. The van der Waals surface area contributed by atoms with Crippen molar-refractivity contribution < 1.29 is 9.53 Å². The van der Waals surface area contributed by atoms with Gasteiger partial charge >= 0.3 is 0 Å². The van der Waals surface area contributed by atoms with Gasteiger partial charge in [-0.15, -0.1) is 0 Å². The Labute approximate surface area is 135 Å². The number of nitrogens with two attached hydrogens (primary N) is 1. The molecule has 0 aromatic heterocycles. The van der Waals surface area contributed by atoms with E-state index in [-0.39, 0.29) is 11.9 Å². The highest BCUT2D eigenvalue weighted by molar-refractivity contribution is 5.99. The maximum absolute atomic E-state index is 11.8. The Hall–Kier alpha value is -2.57. The molecular formula is C16H21N5O2. The third-order valence-corrected chi connectivity index (χ3v) is 3.96. The van der Waals surface area contributed by atoms with Gasteiger partial charge in [-0.3, -0.25) is 9.79 Å². The van der Waals surface area contributed by atoms with Crippen LogP contribution in [0.3, 0.4) is 0 Å². The fraction of sp³-hybridized carbons (Fsp3) is 0.438. The zero-order chi connectivity index (χ0) is 16.4. The molecule has 1 aliphatic heterocycles. The van der Waals surface area contributed by atoms with Gasteiger partial charge in [0.2, 0.25) is 5.91 Å². The van der Waals surface area contributed by atoms with Crippen molar-refractivity contribution in [1.82, 2.24) is 0 Å². The van der Waals surface area contributed by atoms with Gasteiger partial charge in [-0.25, -0.2) is 4.99 Å². The topological polar surface area (TPSA) is 92.3 Å². The van der Waals surface area contributed by atoms with E-state index in [9.17, 15) is 4.79 Å². The number of anilines is 2. The molecule has 0 unspecified atom stereocenters. The molecule has 0 bridgehead atoms. The number of amides is 1. The van der Waals surface area contributed by atoms with E-state index in [1.165, 1.54) is 6.34 Å². The molecular weight excluding hydrogens is 294 g/mol. The van der Waals surface area contributed by atoms with Crippen molar-refractivity contribution in [3.05, 3.63) is 17.7 Å². The average Bonchev–Trinajstić information content (AvgIpc) is 3.23. The van der Waals surface area contributed by atoms with Crippen LogP contribution in [0.2, 0.25) is 0 Å². The van der Waals surface area contributed by atoms with Gasteiger partial charge < -0.3 is 20.7 Å². The van der Waals surface area contributed by atoms with Crippen LogP contribution in [-0.4, -0.2) is 37.9 Å². The first-order valence-corrected chi connectivity index (χ1v) is 7.69. The number of guanidine groups is 1. The molecule has 23 heavy (non-hydrogen) atoms. The summed E-state index contributed by atoms with van der Waals surface area (Å²) in [6, 6.07) is 4.17. The summed E-state index contributed by atoms with van der Waals surface area (Å²) in [5, 5.41) is 3.02. The second kappa shape index (κ2) is 6.28. The number of carbonyl (C=O) groups excluding carboxylic acids is 1. The maximum atomic E-state index is 11.8. The summed E-state index contributed by atoms with van der Waals surface area (Å²) < 4.78 is 5.44. The molecule has 3 N–H and O–H groups in total. The van der Waals surface area contributed by atoms with Crippen LogP contribution in [0.1, 0.15) is 25.3 Å². The van der Waals surface area contributed by atoms with Crippen molar-refractivity contribution in [3.63, 3.8) is 0 Å². The molecule has 122 valence electrons. The van der Waals surface area contributed by atoms with E-state index in [1.807, 2.05) is 12.1 Å². The summed E-state index contributed by atoms with van der Waals surface area (Å²) in [5.41, 5.74) is 8.50. The van der Waals surface area contributed by atoms with Gasteiger partial charge in [0.25, 0.3) is 0 Å². The van der Waals surface area contributed by atoms with E-state index in [1.54, 1.807) is 18.9 Å². The van der Waals surface area contributed by atoms with E-state index in [4.69, 9.17) is 10.5 Å². The normalized spacial score (nSPS) is 17.5. The van der Waals surface area contributed by atoms with Gasteiger partial charge in [-0.2, -0.15) is 0 Å². The van der Waals surface area contributed by atoms with Gasteiger partial charge in [-0.1, -0.05) is 0 Å². The molecule has 0 spiro atoms. The molecule has 1 aliphatic carbocycles. The monoisotopic (exact) mass is 315 g/mol. The number of aliphatic imine (C=N–C) groups is 2. The smallest absolute Gasteiger partial charge is 0.223 e. The second-order valence-corrected chi connectivity index (χ2v) is 5.73. The number of nitrogens with one attached hydrogen (secondary N) is 1. The molecule has 1 saturated carbocycles. The van der Waals surface area contributed by atoms with E-state index >= 15 is 0 Å². The van der Waals surface area contributed by atoms with Gasteiger partial charge in [0.05, 0.1) is 18.8 Å². The summed E-state index contributed by atoms with van der Waals surface area (Å²) >= 11 is 0. The molecule has 1 aromatic carbocycles. The first kappa shape index (κ1) is 15.3. The minimum absolute atomic E-state index is 0.0150. The number of hydrogen-bond acceptors (Lipinski definition) is 3. The Balaban J connectivity index is 1.82. The fourth-order valence-corrected chi connectivity index (χ4v) is 2.64. The van der Waals surface area contributed by atoms with Gasteiger partial charge in [0, 0.05) is 30.8 Å². The first-order chi connectivity index (χ1) is 11.1. The zero-order valence-electron chi connectivity index (χ0n) is 13.4. The summed E-state index contributed by atoms with van der Waals surface area (Å²) in [6.45, 7) is 2.23. The molecule has 1 amide bonds.